The summed E-state index contributed by atoms with van der Waals surface area (Å²) in [7, 11) is 0. The van der Waals surface area contributed by atoms with Gasteiger partial charge in [0.2, 0.25) is 0 Å². The van der Waals surface area contributed by atoms with Gasteiger partial charge in [0.15, 0.2) is 0 Å². The van der Waals surface area contributed by atoms with E-state index in [1.807, 2.05) is 43.7 Å². The van der Waals surface area contributed by atoms with Crippen LogP contribution in [0, 0.1) is 20.8 Å². The number of hydrogen-bond donors (Lipinski definition) is 1. The van der Waals surface area contributed by atoms with Crippen LogP contribution in [-0.4, -0.2) is 15.7 Å². The Bertz CT molecular complexity index is 669. The number of amides is 1. The Morgan fingerprint density at radius 1 is 1.24 bits per heavy atom. The summed E-state index contributed by atoms with van der Waals surface area (Å²) in [5.41, 5.74) is 4.29. The predicted octanol–water partition coefficient (Wildman–Crippen LogP) is 4.40. The van der Waals surface area contributed by atoms with Crippen LogP contribution in [0.15, 0.2) is 22.7 Å². The Hall–Kier alpha value is -1.62. The molecular formula is C16H20BrN3O. The maximum Gasteiger partial charge on any atom is 0.255 e. The zero-order chi connectivity index (χ0) is 15.7. The SMILES string of the molecule is Cc1cc(Br)cc(C(=O)Nc2c(C)nn(C(C)C)c2C)c1. The second-order valence-corrected chi connectivity index (χ2v) is 6.47. The summed E-state index contributed by atoms with van der Waals surface area (Å²) < 4.78 is 2.83. The van der Waals surface area contributed by atoms with Crippen molar-refractivity contribution in [2.24, 2.45) is 0 Å². The first kappa shape index (κ1) is 15.8. The average molecular weight is 350 g/mol. The fourth-order valence-corrected chi connectivity index (χ4v) is 3.01. The van der Waals surface area contributed by atoms with Crippen molar-refractivity contribution in [3.05, 3.63) is 45.2 Å². The van der Waals surface area contributed by atoms with E-state index >= 15 is 0 Å². The van der Waals surface area contributed by atoms with Crippen molar-refractivity contribution in [2.75, 3.05) is 5.32 Å². The first-order chi connectivity index (χ1) is 9.79. The van der Waals surface area contributed by atoms with Crippen LogP contribution in [0.25, 0.3) is 0 Å². The molecule has 0 saturated heterocycles. The first-order valence-corrected chi connectivity index (χ1v) is 7.73. The van der Waals surface area contributed by atoms with Gasteiger partial charge in [0, 0.05) is 16.1 Å². The number of carbonyl (C=O) groups excluding carboxylic acids is 1. The summed E-state index contributed by atoms with van der Waals surface area (Å²) >= 11 is 3.42. The molecular weight excluding hydrogens is 330 g/mol. The molecule has 0 spiro atoms. The number of hydrogen-bond acceptors (Lipinski definition) is 2. The smallest absolute Gasteiger partial charge is 0.255 e. The highest BCUT2D eigenvalue weighted by Crippen LogP contribution is 2.24. The maximum atomic E-state index is 12.4. The van der Waals surface area contributed by atoms with E-state index in [4.69, 9.17) is 0 Å². The molecule has 4 nitrogen and oxygen atoms in total. The Kier molecular flexibility index (Phi) is 4.52. The van der Waals surface area contributed by atoms with E-state index in [1.165, 1.54) is 0 Å². The second kappa shape index (κ2) is 6.02. The highest BCUT2D eigenvalue weighted by molar-refractivity contribution is 9.10. The van der Waals surface area contributed by atoms with E-state index in [2.05, 4.69) is 40.2 Å². The van der Waals surface area contributed by atoms with Crippen LogP contribution in [-0.2, 0) is 0 Å². The van der Waals surface area contributed by atoms with Crippen LogP contribution in [0.4, 0.5) is 5.69 Å². The maximum absolute atomic E-state index is 12.4. The molecule has 1 N–H and O–H groups in total. The van der Waals surface area contributed by atoms with Crippen molar-refractivity contribution in [3.63, 3.8) is 0 Å². The Morgan fingerprint density at radius 3 is 2.43 bits per heavy atom. The van der Waals surface area contributed by atoms with Crippen LogP contribution < -0.4 is 5.32 Å². The monoisotopic (exact) mass is 349 g/mol. The molecule has 0 aliphatic heterocycles. The van der Waals surface area contributed by atoms with Crippen LogP contribution in [0.1, 0.15) is 47.2 Å². The van der Waals surface area contributed by atoms with Gasteiger partial charge in [-0.3, -0.25) is 9.48 Å². The van der Waals surface area contributed by atoms with Gasteiger partial charge in [-0.05, 0) is 58.4 Å². The lowest BCUT2D eigenvalue weighted by molar-refractivity contribution is 0.102. The number of nitrogens with one attached hydrogen (secondary N) is 1. The van der Waals surface area contributed by atoms with Gasteiger partial charge in [0.05, 0.1) is 17.1 Å². The lowest BCUT2D eigenvalue weighted by Crippen LogP contribution is -2.13. The molecule has 1 aromatic heterocycles. The minimum absolute atomic E-state index is 0.117. The predicted molar refractivity (Wildman–Crippen MR) is 88.9 cm³/mol. The number of halogens is 1. The zero-order valence-electron chi connectivity index (χ0n) is 13.0. The van der Waals surface area contributed by atoms with Crippen LogP contribution >= 0.6 is 15.9 Å². The van der Waals surface area contributed by atoms with E-state index in [0.29, 0.717) is 5.56 Å². The molecule has 0 radical (unpaired) electrons. The topological polar surface area (TPSA) is 46.9 Å². The molecule has 21 heavy (non-hydrogen) atoms. The van der Waals surface area contributed by atoms with Gasteiger partial charge < -0.3 is 5.32 Å². The highest BCUT2D eigenvalue weighted by atomic mass is 79.9. The molecule has 112 valence electrons. The number of aromatic nitrogens is 2. The molecule has 1 aromatic carbocycles. The van der Waals surface area contributed by atoms with Gasteiger partial charge in [-0.1, -0.05) is 15.9 Å². The third-order valence-electron chi connectivity index (χ3n) is 3.36. The van der Waals surface area contributed by atoms with E-state index < -0.39 is 0 Å². The highest BCUT2D eigenvalue weighted by Gasteiger charge is 2.16. The van der Waals surface area contributed by atoms with Gasteiger partial charge in [0.25, 0.3) is 5.91 Å². The van der Waals surface area contributed by atoms with E-state index in [9.17, 15) is 4.79 Å². The molecule has 0 unspecified atom stereocenters. The molecule has 0 fully saturated rings. The zero-order valence-corrected chi connectivity index (χ0v) is 14.6. The second-order valence-electron chi connectivity index (χ2n) is 5.56. The van der Waals surface area contributed by atoms with Crippen LogP contribution in [0.5, 0.6) is 0 Å². The van der Waals surface area contributed by atoms with E-state index in [0.717, 1.165) is 27.1 Å². The standard InChI is InChI=1S/C16H20BrN3O/c1-9(2)20-12(5)15(11(4)19-20)18-16(21)13-6-10(3)7-14(17)8-13/h6-9H,1-5H3,(H,18,21). The summed E-state index contributed by atoms with van der Waals surface area (Å²) in [5.74, 6) is -0.117. The first-order valence-electron chi connectivity index (χ1n) is 6.94. The molecule has 0 aliphatic carbocycles. The van der Waals surface area contributed by atoms with Crippen molar-refractivity contribution in [3.8, 4) is 0 Å². The average Bonchev–Trinajstić information content (AvgIpc) is 2.65. The van der Waals surface area contributed by atoms with Crippen molar-refractivity contribution < 1.29 is 4.79 Å². The van der Waals surface area contributed by atoms with E-state index in [-0.39, 0.29) is 11.9 Å². The number of nitrogens with zero attached hydrogens (tertiary/aromatic N) is 2. The molecule has 5 heteroatoms. The number of aryl methyl sites for hydroxylation is 2. The Labute approximate surface area is 133 Å². The van der Waals surface area contributed by atoms with Crippen molar-refractivity contribution >= 4 is 27.5 Å². The van der Waals surface area contributed by atoms with Crippen LogP contribution in [0.2, 0.25) is 0 Å². The lowest BCUT2D eigenvalue weighted by atomic mass is 10.1. The van der Waals surface area contributed by atoms with Gasteiger partial charge in [-0.25, -0.2) is 0 Å². The number of carbonyl (C=O) groups is 1. The third kappa shape index (κ3) is 3.35. The molecule has 0 aliphatic rings. The van der Waals surface area contributed by atoms with Gasteiger partial charge in [-0.15, -0.1) is 0 Å². The third-order valence-corrected chi connectivity index (χ3v) is 3.81. The molecule has 1 amide bonds. The normalized spacial score (nSPS) is 11.0. The van der Waals surface area contributed by atoms with Crippen LogP contribution in [0.3, 0.4) is 0 Å². The molecule has 0 saturated carbocycles. The summed E-state index contributed by atoms with van der Waals surface area (Å²) in [6, 6.07) is 5.93. The fraction of sp³-hybridized carbons (Fsp3) is 0.375. The summed E-state index contributed by atoms with van der Waals surface area (Å²) in [6.45, 7) is 10.00. The van der Waals surface area contributed by atoms with Crippen molar-refractivity contribution in [1.82, 2.24) is 9.78 Å². The quantitative estimate of drug-likeness (QED) is 0.892. The largest absolute Gasteiger partial charge is 0.319 e. The minimum Gasteiger partial charge on any atom is -0.319 e. The lowest BCUT2D eigenvalue weighted by Gasteiger charge is -2.10. The molecule has 2 aromatic rings. The van der Waals surface area contributed by atoms with Gasteiger partial charge in [-0.2, -0.15) is 5.10 Å². The fourth-order valence-electron chi connectivity index (χ4n) is 2.40. The van der Waals surface area contributed by atoms with Gasteiger partial charge in [0.1, 0.15) is 0 Å². The van der Waals surface area contributed by atoms with Crippen molar-refractivity contribution in [2.45, 2.75) is 40.7 Å². The minimum atomic E-state index is -0.117. The van der Waals surface area contributed by atoms with E-state index in [1.54, 1.807) is 0 Å². The number of anilines is 1. The summed E-state index contributed by atoms with van der Waals surface area (Å²) in [6.07, 6.45) is 0. The summed E-state index contributed by atoms with van der Waals surface area (Å²) in [4.78, 5) is 12.4. The number of rotatable bonds is 3. The molecule has 1 heterocycles. The summed E-state index contributed by atoms with van der Waals surface area (Å²) in [5, 5.41) is 7.47. The Balaban J connectivity index is 2.32. The molecule has 0 atom stereocenters. The molecule has 2 rings (SSSR count). The van der Waals surface area contributed by atoms with Gasteiger partial charge >= 0.3 is 0 Å². The molecule has 0 bridgehead atoms. The van der Waals surface area contributed by atoms with Crippen molar-refractivity contribution in [1.29, 1.82) is 0 Å². The Morgan fingerprint density at radius 2 is 1.90 bits per heavy atom. The number of benzene rings is 1.